The molecule has 0 aromatic heterocycles. The summed E-state index contributed by atoms with van der Waals surface area (Å²) in [5.74, 6) is 0.0460. The number of rotatable bonds is 11. The number of hydrogen-bond acceptors (Lipinski definition) is 5. The van der Waals surface area contributed by atoms with Gasteiger partial charge in [-0.15, -0.1) is 0 Å². The first-order chi connectivity index (χ1) is 17.8. The standard InChI is InChI=1S/C27H42ClFN4O4/c1-30-18-23(17-27(29)11-4-3-5-12-27)32-25(34)33-14-7-9-21(19-33)24(20-8-6-10-22(28)16-20)37-15-13-31-26(35)36-2/h6,8,10,16,21,23-24,30H,3-5,7,9,11-15,17-19H2,1-2H3,(H,31,35)(H,32,34)/t21-,23?,24?/m1/s1. The fraction of sp³-hybridized carbons (Fsp3) is 0.704. The molecule has 0 spiro atoms. The van der Waals surface area contributed by atoms with Crippen molar-refractivity contribution in [3.8, 4) is 0 Å². The third-order valence-corrected chi connectivity index (χ3v) is 7.58. The van der Waals surface area contributed by atoms with Crippen LogP contribution in [-0.4, -0.2) is 75.7 Å². The summed E-state index contributed by atoms with van der Waals surface area (Å²) < 4.78 is 26.2. The van der Waals surface area contributed by atoms with Crippen molar-refractivity contribution in [2.75, 3.05) is 46.9 Å². The normalized spacial score (nSPS) is 21.1. The number of piperidine rings is 1. The molecule has 0 radical (unpaired) electrons. The van der Waals surface area contributed by atoms with E-state index in [9.17, 15) is 9.59 Å². The summed E-state index contributed by atoms with van der Waals surface area (Å²) in [7, 11) is 3.14. The van der Waals surface area contributed by atoms with E-state index in [4.69, 9.17) is 16.3 Å². The van der Waals surface area contributed by atoms with E-state index in [1.807, 2.05) is 36.2 Å². The second-order valence-electron chi connectivity index (χ2n) is 10.2. The van der Waals surface area contributed by atoms with Gasteiger partial charge in [0.25, 0.3) is 0 Å². The maximum absolute atomic E-state index is 15.4. The Morgan fingerprint density at radius 3 is 2.73 bits per heavy atom. The van der Waals surface area contributed by atoms with Crippen molar-refractivity contribution in [2.45, 2.75) is 69.2 Å². The Morgan fingerprint density at radius 1 is 1.24 bits per heavy atom. The van der Waals surface area contributed by atoms with Crippen LogP contribution in [0.2, 0.25) is 5.02 Å². The molecule has 1 aliphatic heterocycles. The number of methoxy groups -OCH3 is 1. The van der Waals surface area contributed by atoms with E-state index in [-0.39, 0.29) is 30.7 Å². The molecule has 208 valence electrons. The Hall–Kier alpha value is -2.10. The highest BCUT2D eigenvalue weighted by atomic mass is 35.5. The zero-order valence-corrected chi connectivity index (χ0v) is 22.8. The second-order valence-corrected chi connectivity index (χ2v) is 10.7. The number of carbonyl (C=O) groups is 2. The molecular formula is C27H42ClFN4O4. The first kappa shape index (κ1) is 29.5. The summed E-state index contributed by atoms with van der Waals surface area (Å²) in [6, 6.07) is 7.11. The number of hydrogen-bond donors (Lipinski definition) is 3. The monoisotopic (exact) mass is 540 g/mol. The van der Waals surface area contributed by atoms with E-state index in [0.29, 0.717) is 50.5 Å². The Balaban J connectivity index is 1.64. The summed E-state index contributed by atoms with van der Waals surface area (Å²) in [4.78, 5) is 26.5. The Kier molecular flexibility index (Phi) is 11.7. The molecule has 1 heterocycles. The third kappa shape index (κ3) is 9.30. The highest BCUT2D eigenvalue weighted by Crippen LogP contribution is 2.36. The average Bonchev–Trinajstić information content (AvgIpc) is 2.89. The van der Waals surface area contributed by atoms with Gasteiger partial charge in [-0.25, -0.2) is 14.0 Å². The van der Waals surface area contributed by atoms with Crippen LogP contribution in [0.15, 0.2) is 24.3 Å². The van der Waals surface area contributed by atoms with Gasteiger partial charge in [0.15, 0.2) is 0 Å². The van der Waals surface area contributed by atoms with Crippen LogP contribution in [-0.2, 0) is 9.47 Å². The van der Waals surface area contributed by atoms with Crippen LogP contribution < -0.4 is 16.0 Å². The van der Waals surface area contributed by atoms with E-state index in [1.54, 1.807) is 0 Å². The lowest BCUT2D eigenvalue weighted by Crippen LogP contribution is -2.53. The minimum Gasteiger partial charge on any atom is -0.453 e. The second kappa shape index (κ2) is 14.7. The summed E-state index contributed by atoms with van der Waals surface area (Å²) in [6.45, 7) is 2.27. The van der Waals surface area contributed by atoms with Crippen LogP contribution in [0.25, 0.3) is 0 Å². The summed E-state index contributed by atoms with van der Waals surface area (Å²) in [5.41, 5.74) is -0.274. The number of alkyl halides is 1. The van der Waals surface area contributed by atoms with Crippen molar-refractivity contribution >= 4 is 23.7 Å². The lowest BCUT2D eigenvalue weighted by Gasteiger charge is -2.38. The topological polar surface area (TPSA) is 91.9 Å². The van der Waals surface area contributed by atoms with Gasteiger partial charge in [0, 0.05) is 49.6 Å². The Bertz CT molecular complexity index is 871. The SMILES string of the molecule is CNCC(CC1(F)CCCCC1)NC(=O)N1CCC[C@@H](C(OCCNC(=O)OC)c2cccc(Cl)c2)C1. The predicted octanol–water partition coefficient (Wildman–Crippen LogP) is 4.83. The molecule has 0 bridgehead atoms. The first-order valence-corrected chi connectivity index (χ1v) is 13.8. The third-order valence-electron chi connectivity index (χ3n) is 7.34. The van der Waals surface area contributed by atoms with Crippen LogP contribution in [0.3, 0.4) is 0 Å². The van der Waals surface area contributed by atoms with Crippen molar-refractivity contribution in [1.29, 1.82) is 0 Å². The number of halogens is 2. The number of benzene rings is 1. The Labute approximate surface area is 225 Å². The van der Waals surface area contributed by atoms with E-state index < -0.39 is 11.8 Å². The molecule has 2 unspecified atom stereocenters. The van der Waals surface area contributed by atoms with Gasteiger partial charge >= 0.3 is 12.1 Å². The number of likely N-dealkylation sites (tertiary alicyclic amines) is 1. The van der Waals surface area contributed by atoms with Gasteiger partial charge in [-0.3, -0.25) is 0 Å². The molecule has 3 atom stereocenters. The van der Waals surface area contributed by atoms with E-state index in [0.717, 1.165) is 37.7 Å². The molecule has 37 heavy (non-hydrogen) atoms. The zero-order valence-electron chi connectivity index (χ0n) is 22.1. The molecule has 3 rings (SSSR count). The number of amides is 3. The lowest BCUT2D eigenvalue weighted by molar-refractivity contribution is -0.00877. The number of alkyl carbamates (subject to hydrolysis) is 1. The van der Waals surface area contributed by atoms with Gasteiger partial charge in [0.2, 0.25) is 0 Å². The minimum atomic E-state index is -1.21. The Morgan fingerprint density at radius 2 is 2.03 bits per heavy atom. The molecule has 1 saturated heterocycles. The summed E-state index contributed by atoms with van der Waals surface area (Å²) in [6.07, 6.45) is 5.28. The van der Waals surface area contributed by atoms with Crippen molar-refractivity contribution in [1.82, 2.24) is 20.9 Å². The summed E-state index contributed by atoms with van der Waals surface area (Å²) in [5, 5.41) is 9.45. The quantitative estimate of drug-likeness (QED) is 0.350. The zero-order chi connectivity index (χ0) is 26.7. The number of nitrogens with zero attached hydrogens (tertiary/aromatic N) is 1. The van der Waals surface area contributed by atoms with Gasteiger partial charge < -0.3 is 30.3 Å². The van der Waals surface area contributed by atoms with Gasteiger partial charge in [-0.2, -0.15) is 0 Å². The molecule has 1 aromatic rings. The molecule has 3 amide bonds. The van der Waals surface area contributed by atoms with E-state index in [1.165, 1.54) is 7.11 Å². The van der Waals surface area contributed by atoms with Gasteiger partial charge in [0.1, 0.15) is 5.67 Å². The number of ether oxygens (including phenoxy) is 2. The van der Waals surface area contributed by atoms with Crippen molar-refractivity contribution in [3.05, 3.63) is 34.9 Å². The maximum Gasteiger partial charge on any atom is 0.406 e. The molecule has 8 nitrogen and oxygen atoms in total. The number of nitrogens with one attached hydrogen (secondary N) is 3. The molecular weight excluding hydrogens is 499 g/mol. The van der Waals surface area contributed by atoms with Crippen molar-refractivity contribution in [2.24, 2.45) is 5.92 Å². The molecule has 2 aliphatic rings. The number of carbonyl (C=O) groups excluding carboxylic acids is 2. The predicted molar refractivity (Wildman–Crippen MR) is 143 cm³/mol. The molecule has 1 saturated carbocycles. The van der Waals surface area contributed by atoms with E-state index in [2.05, 4.69) is 20.7 Å². The lowest BCUT2D eigenvalue weighted by atomic mass is 9.82. The average molecular weight is 541 g/mol. The summed E-state index contributed by atoms with van der Waals surface area (Å²) >= 11 is 6.27. The van der Waals surface area contributed by atoms with Crippen LogP contribution in [0.4, 0.5) is 14.0 Å². The number of likely N-dealkylation sites (N-methyl/N-ethyl adjacent to an activating group) is 1. The smallest absolute Gasteiger partial charge is 0.406 e. The molecule has 10 heteroatoms. The van der Waals surface area contributed by atoms with Gasteiger partial charge in [0.05, 0.1) is 19.8 Å². The molecule has 3 N–H and O–H groups in total. The van der Waals surface area contributed by atoms with Crippen LogP contribution in [0, 0.1) is 5.92 Å². The fourth-order valence-corrected chi connectivity index (χ4v) is 5.76. The molecule has 2 fully saturated rings. The van der Waals surface area contributed by atoms with Gasteiger partial charge in [-0.1, -0.05) is 43.0 Å². The largest absolute Gasteiger partial charge is 0.453 e. The van der Waals surface area contributed by atoms with Crippen molar-refractivity contribution < 1.29 is 23.5 Å². The van der Waals surface area contributed by atoms with E-state index >= 15 is 4.39 Å². The van der Waals surface area contributed by atoms with Gasteiger partial charge in [-0.05, 0) is 50.4 Å². The maximum atomic E-state index is 15.4. The minimum absolute atomic E-state index is 0.0460. The number of urea groups is 1. The van der Waals surface area contributed by atoms with Crippen LogP contribution >= 0.6 is 11.6 Å². The first-order valence-electron chi connectivity index (χ1n) is 13.4. The molecule has 1 aromatic carbocycles. The molecule has 1 aliphatic carbocycles. The highest BCUT2D eigenvalue weighted by molar-refractivity contribution is 6.30. The van der Waals surface area contributed by atoms with Crippen LogP contribution in [0.1, 0.15) is 63.0 Å². The van der Waals surface area contributed by atoms with Crippen LogP contribution in [0.5, 0.6) is 0 Å². The fourth-order valence-electron chi connectivity index (χ4n) is 5.56. The highest BCUT2D eigenvalue weighted by Gasteiger charge is 2.36. The van der Waals surface area contributed by atoms with Crippen molar-refractivity contribution in [3.63, 3.8) is 0 Å².